The molecule has 96 valence electrons. The maximum Gasteiger partial charge on any atom is 0.487 e. The van der Waals surface area contributed by atoms with Gasteiger partial charge in [-0.3, -0.25) is 9.69 Å². The Labute approximate surface area is 94.8 Å². The van der Waals surface area contributed by atoms with Crippen LogP contribution in [0.2, 0.25) is 0 Å². The zero-order chi connectivity index (χ0) is 12.8. The first kappa shape index (κ1) is 15.3. The quantitative estimate of drug-likeness (QED) is 0.649. The van der Waals surface area contributed by atoms with Gasteiger partial charge in [-0.1, -0.05) is 26.7 Å². The first-order chi connectivity index (χ1) is 7.38. The lowest BCUT2D eigenvalue weighted by atomic mass is 9.97. The van der Waals surface area contributed by atoms with Crippen LogP contribution in [0.15, 0.2) is 0 Å². The molecule has 0 aromatic carbocycles. The first-order valence-corrected chi connectivity index (χ1v) is 5.76. The summed E-state index contributed by atoms with van der Waals surface area (Å²) in [6.07, 6.45) is -2.04. The van der Waals surface area contributed by atoms with E-state index in [-0.39, 0.29) is 11.4 Å². The van der Waals surface area contributed by atoms with Gasteiger partial charge in [0, 0.05) is 12.5 Å². The van der Waals surface area contributed by atoms with Gasteiger partial charge in [-0.15, -0.1) is 13.2 Å². The number of alkyl halides is 3. The Morgan fingerprint density at radius 1 is 1.12 bits per heavy atom. The van der Waals surface area contributed by atoms with E-state index in [0.29, 0.717) is 12.8 Å². The highest BCUT2D eigenvalue weighted by molar-refractivity contribution is 5.79. The lowest BCUT2D eigenvalue weighted by Gasteiger charge is -2.27. The number of halogens is 3. The van der Waals surface area contributed by atoms with Crippen molar-refractivity contribution < 1.29 is 18.0 Å². The van der Waals surface area contributed by atoms with E-state index in [1.165, 1.54) is 6.92 Å². The number of nitrogens with zero attached hydrogens (tertiary/aromatic N) is 1. The summed E-state index contributed by atoms with van der Waals surface area (Å²) in [7, 11) is 0. The van der Waals surface area contributed by atoms with Crippen LogP contribution in [0.4, 0.5) is 13.2 Å². The summed E-state index contributed by atoms with van der Waals surface area (Å²) in [4.78, 5) is 11.7. The second-order valence-corrected chi connectivity index (χ2v) is 3.82. The van der Waals surface area contributed by atoms with Gasteiger partial charge in [-0.05, 0) is 19.8 Å². The van der Waals surface area contributed by atoms with Gasteiger partial charge < -0.3 is 0 Å². The highest BCUT2D eigenvalue weighted by Crippen LogP contribution is 2.26. The fraction of sp³-hybridized carbons (Fsp3) is 0.909. The molecule has 0 N–H and O–H groups in total. The van der Waals surface area contributed by atoms with Crippen molar-refractivity contribution in [2.24, 2.45) is 5.92 Å². The minimum atomic E-state index is -4.55. The van der Waals surface area contributed by atoms with E-state index in [1.807, 2.05) is 13.8 Å². The smallest absolute Gasteiger partial charge is 0.274 e. The third-order valence-electron chi connectivity index (χ3n) is 2.51. The molecule has 5 heteroatoms. The van der Waals surface area contributed by atoms with Gasteiger partial charge in [0.05, 0.1) is 0 Å². The predicted molar refractivity (Wildman–Crippen MR) is 56.7 cm³/mol. The molecule has 0 aromatic heterocycles. The highest BCUT2D eigenvalue weighted by Gasteiger charge is 2.41. The van der Waals surface area contributed by atoms with E-state index in [2.05, 4.69) is 0 Å². The second kappa shape index (κ2) is 6.76. The van der Waals surface area contributed by atoms with Gasteiger partial charge in [-0.25, -0.2) is 0 Å². The third kappa shape index (κ3) is 4.41. The lowest BCUT2D eigenvalue weighted by Crippen LogP contribution is -2.45. The highest BCUT2D eigenvalue weighted by atomic mass is 19.4. The van der Waals surface area contributed by atoms with E-state index >= 15 is 0 Å². The summed E-state index contributed by atoms with van der Waals surface area (Å²) in [5.74, 6) is -1.27. The van der Waals surface area contributed by atoms with E-state index < -0.39 is 18.1 Å². The Hall–Kier alpha value is -0.740. The molecule has 2 nitrogen and oxygen atoms in total. The van der Waals surface area contributed by atoms with Gasteiger partial charge in [0.2, 0.25) is 5.91 Å². The molecule has 0 rings (SSSR count). The van der Waals surface area contributed by atoms with E-state index in [4.69, 9.17) is 0 Å². The first-order valence-electron chi connectivity index (χ1n) is 5.76. The summed E-state index contributed by atoms with van der Waals surface area (Å²) in [6.45, 7) is 4.78. The molecule has 0 heterocycles. The van der Waals surface area contributed by atoms with Gasteiger partial charge in [-0.2, -0.15) is 0 Å². The van der Waals surface area contributed by atoms with Gasteiger partial charge in [0.15, 0.2) is 0 Å². The third-order valence-corrected chi connectivity index (χ3v) is 2.51. The average molecular weight is 239 g/mol. The standard InChI is InChI=1S/C11H20F3NO/c1-4-7-9(8-5-2)10(16)15(6-3)11(12,13)14/h9H,4-8H2,1-3H3. The van der Waals surface area contributed by atoms with E-state index in [9.17, 15) is 18.0 Å². The minimum Gasteiger partial charge on any atom is -0.274 e. The molecule has 16 heavy (non-hydrogen) atoms. The van der Waals surface area contributed by atoms with Crippen molar-refractivity contribution in [1.82, 2.24) is 4.90 Å². The number of carbonyl (C=O) groups is 1. The molecule has 0 unspecified atom stereocenters. The van der Waals surface area contributed by atoms with Crippen LogP contribution in [0, 0.1) is 5.92 Å². The summed E-state index contributed by atoms with van der Waals surface area (Å²) in [5, 5.41) is 0. The Kier molecular flexibility index (Phi) is 6.45. The molecule has 0 atom stereocenters. The SMILES string of the molecule is CCCC(CCC)C(=O)N(CC)C(F)(F)F. The van der Waals surface area contributed by atoms with Crippen LogP contribution in [-0.4, -0.2) is 23.7 Å². The number of hydrogen-bond donors (Lipinski definition) is 0. The molecule has 1 amide bonds. The fourth-order valence-corrected chi connectivity index (χ4v) is 1.77. The van der Waals surface area contributed by atoms with Crippen molar-refractivity contribution in [2.45, 2.75) is 52.8 Å². The Bertz CT molecular complexity index is 210. The van der Waals surface area contributed by atoms with Crippen LogP contribution < -0.4 is 0 Å². The monoisotopic (exact) mass is 239 g/mol. The van der Waals surface area contributed by atoms with Gasteiger partial charge in [0.1, 0.15) is 0 Å². The molecule has 0 saturated carbocycles. The molecule has 0 aliphatic heterocycles. The zero-order valence-electron chi connectivity index (χ0n) is 10.1. The van der Waals surface area contributed by atoms with Crippen molar-refractivity contribution in [1.29, 1.82) is 0 Å². The van der Waals surface area contributed by atoms with Crippen molar-refractivity contribution >= 4 is 5.91 Å². The molecular weight excluding hydrogens is 219 g/mol. The molecule has 0 radical (unpaired) electrons. The lowest BCUT2D eigenvalue weighted by molar-refractivity contribution is -0.241. The summed E-state index contributed by atoms with van der Waals surface area (Å²) < 4.78 is 37.6. The molecule has 0 aliphatic carbocycles. The summed E-state index contributed by atoms with van der Waals surface area (Å²) in [6, 6.07) is 0. The maximum atomic E-state index is 12.5. The van der Waals surface area contributed by atoms with E-state index in [1.54, 1.807) is 0 Å². The minimum absolute atomic E-state index is 0.0169. The second-order valence-electron chi connectivity index (χ2n) is 3.82. The van der Waals surface area contributed by atoms with Crippen LogP contribution >= 0.6 is 0 Å². The average Bonchev–Trinajstić information content (AvgIpc) is 2.16. The van der Waals surface area contributed by atoms with Crippen LogP contribution in [0.5, 0.6) is 0 Å². The van der Waals surface area contributed by atoms with Gasteiger partial charge in [0.25, 0.3) is 0 Å². The van der Waals surface area contributed by atoms with Gasteiger partial charge >= 0.3 is 6.30 Å². The Morgan fingerprint density at radius 2 is 1.56 bits per heavy atom. The molecule has 0 aromatic rings. The number of hydrogen-bond acceptors (Lipinski definition) is 1. The van der Waals surface area contributed by atoms with Crippen LogP contribution in [0.1, 0.15) is 46.5 Å². The fourth-order valence-electron chi connectivity index (χ4n) is 1.77. The molecule has 0 spiro atoms. The van der Waals surface area contributed by atoms with Crippen molar-refractivity contribution in [3.8, 4) is 0 Å². The normalized spacial score (nSPS) is 11.9. The largest absolute Gasteiger partial charge is 0.487 e. The molecular formula is C11H20F3NO. The topological polar surface area (TPSA) is 20.3 Å². The maximum absolute atomic E-state index is 12.5. The Balaban J connectivity index is 4.68. The zero-order valence-corrected chi connectivity index (χ0v) is 10.1. The van der Waals surface area contributed by atoms with Crippen LogP contribution in [-0.2, 0) is 4.79 Å². The van der Waals surface area contributed by atoms with Crippen LogP contribution in [0.25, 0.3) is 0 Å². The Morgan fingerprint density at radius 3 is 1.81 bits per heavy atom. The van der Waals surface area contributed by atoms with Crippen LogP contribution in [0.3, 0.4) is 0 Å². The number of rotatable bonds is 6. The predicted octanol–water partition coefficient (Wildman–Crippen LogP) is 3.57. The number of carbonyl (C=O) groups excluding carboxylic acids is 1. The molecule has 0 bridgehead atoms. The molecule has 0 fully saturated rings. The molecule has 0 aliphatic rings. The van der Waals surface area contributed by atoms with E-state index in [0.717, 1.165) is 12.8 Å². The van der Waals surface area contributed by atoms with Crippen molar-refractivity contribution in [2.75, 3.05) is 6.54 Å². The number of amides is 1. The van der Waals surface area contributed by atoms with Crippen molar-refractivity contribution in [3.05, 3.63) is 0 Å². The van der Waals surface area contributed by atoms with Crippen molar-refractivity contribution in [3.63, 3.8) is 0 Å². The summed E-state index contributed by atoms with van der Waals surface area (Å²) >= 11 is 0. The summed E-state index contributed by atoms with van der Waals surface area (Å²) in [5.41, 5.74) is 0. The molecule has 0 saturated heterocycles.